The van der Waals surface area contributed by atoms with E-state index in [1.165, 1.54) is 69.8 Å². The Kier molecular flexibility index (Phi) is 7.75. The fourth-order valence-corrected chi connectivity index (χ4v) is 6.48. The maximum absolute atomic E-state index is 6.79. The van der Waals surface area contributed by atoms with Gasteiger partial charge in [-0.05, 0) is 93.2 Å². The fourth-order valence-electron chi connectivity index (χ4n) is 6.22. The zero-order valence-electron chi connectivity index (χ0n) is 18.2. The number of hydrogen-bond donors (Lipinski definition) is 0. The first-order valence-corrected chi connectivity index (χ1v) is 13.0. The first-order valence-electron chi connectivity index (χ1n) is 12.2. The van der Waals surface area contributed by atoms with Crippen LogP contribution in [0.3, 0.4) is 0 Å². The van der Waals surface area contributed by atoms with Crippen LogP contribution in [0.15, 0.2) is 28.7 Å². The lowest BCUT2D eigenvalue weighted by Crippen LogP contribution is -2.41. The van der Waals surface area contributed by atoms with Crippen molar-refractivity contribution in [3.05, 3.63) is 34.3 Å². The molecule has 2 nitrogen and oxygen atoms in total. The van der Waals surface area contributed by atoms with E-state index in [1.54, 1.807) is 0 Å². The number of halogens is 1. The van der Waals surface area contributed by atoms with Crippen molar-refractivity contribution in [2.45, 2.75) is 102 Å². The molecular formula is C26H39BrO2. The molecule has 1 atom stereocenters. The van der Waals surface area contributed by atoms with Gasteiger partial charge in [0, 0.05) is 11.1 Å². The highest BCUT2D eigenvalue weighted by Crippen LogP contribution is 2.49. The number of rotatable bonds is 6. The highest BCUT2D eigenvalue weighted by atomic mass is 79.9. The van der Waals surface area contributed by atoms with E-state index in [9.17, 15) is 0 Å². The molecule has 29 heavy (non-hydrogen) atoms. The number of hydrogen-bond acceptors (Lipinski definition) is 2. The van der Waals surface area contributed by atoms with Crippen molar-refractivity contribution in [3.63, 3.8) is 0 Å². The van der Waals surface area contributed by atoms with Gasteiger partial charge in [-0.3, -0.25) is 0 Å². The van der Waals surface area contributed by atoms with Crippen molar-refractivity contribution in [3.8, 4) is 0 Å². The predicted molar refractivity (Wildman–Crippen MR) is 123 cm³/mol. The summed E-state index contributed by atoms with van der Waals surface area (Å²) in [6, 6.07) is 8.87. The molecule has 2 aliphatic carbocycles. The van der Waals surface area contributed by atoms with Crippen molar-refractivity contribution in [1.82, 2.24) is 0 Å². The first-order chi connectivity index (χ1) is 14.2. The molecule has 162 valence electrons. The van der Waals surface area contributed by atoms with Crippen LogP contribution in [-0.2, 0) is 15.1 Å². The van der Waals surface area contributed by atoms with Gasteiger partial charge >= 0.3 is 0 Å². The molecule has 3 aliphatic rings. The molecule has 0 amide bonds. The maximum Gasteiger partial charge on any atom is 0.158 e. The van der Waals surface area contributed by atoms with Crippen LogP contribution in [0.1, 0.15) is 96.0 Å². The third kappa shape index (κ3) is 5.46. The molecule has 0 radical (unpaired) electrons. The van der Waals surface area contributed by atoms with Crippen LogP contribution in [0.5, 0.6) is 0 Å². The van der Waals surface area contributed by atoms with Crippen LogP contribution in [0.4, 0.5) is 0 Å². The van der Waals surface area contributed by atoms with Gasteiger partial charge in [0.15, 0.2) is 6.29 Å². The molecule has 2 saturated carbocycles. The van der Waals surface area contributed by atoms with Gasteiger partial charge in [0.2, 0.25) is 0 Å². The molecule has 0 spiro atoms. The van der Waals surface area contributed by atoms with Crippen LogP contribution in [0.2, 0.25) is 0 Å². The normalized spacial score (nSPS) is 36.1. The van der Waals surface area contributed by atoms with Crippen LogP contribution in [0.25, 0.3) is 0 Å². The topological polar surface area (TPSA) is 18.5 Å². The van der Waals surface area contributed by atoms with E-state index in [4.69, 9.17) is 9.47 Å². The summed E-state index contributed by atoms with van der Waals surface area (Å²) < 4.78 is 13.9. The largest absolute Gasteiger partial charge is 0.353 e. The minimum absolute atomic E-state index is 0.0200. The third-order valence-corrected chi connectivity index (χ3v) is 8.49. The summed E-state index contributed by atoms with van der Waals surface area (Å²) in [5.74, 6) is 2.86. The van der Waals surface area contributed by atoms with Gasteiger partial charge in [-0.25, -0.2) is 0 Å². The zero-order valence-corrected chi connectivity index (χ0v) is 19.8. The predicted octanol–water partition coefficient (Wildman–Crippen LogP) is 7.98. The average molecular weight is 464 g/mol. The van der Waals surface area contributed by atoms with Gasteiger partial charge in [-0.2, -0.15) is 0 Å². The van der Waals surface area contributed by atoms with E-state index in [0.717, 1.165) is 48.1 Å². The minimum atomic E-state index is -0.154. The summed E-state index contributed by atoms with van der Waals surface area (Å²) in [6.07, 6.45) is 17.0. The van der Waals surface area contributed by atoms with Crippen molar-refractivity contribution in [2.24, 2.45) is 17.8 Å². The highest BCUT2D eigenvalue weighted by Gasteiger charge is 2.42. The molecule has 0 bridgehead atoms. The maximum atomic E-state index is 6.79. The molecule has 0 aromatic heterocycles. The summed E-state index contributed by atoms with van der Waals surface area (Å²) in [5.41, 5.74) is 1.19. The van der Waals surface area contributed by atoms with Gasteiger partial charge in [-0.1, -0.05) is 60.7 Å². The lowest BCUT2D eigenvalue weighted by atomic mass is 9.66. The van der Waals surface area contributed by atoms with Gasteiger partial charge < -0.3 is 9.47 Å². The fraction of sp³-hybridized carbons (Fsp3) is 0.769. The molecule has 1 aromatic carbocycles. The summed E-state index contributed by atoms with van der Waals surface area (Å²) in [4.78, 5) is 0. The van der Waals surface area contributed by atoms with Crippen molar-refractivity contribution < 1.29 is 9.47 Å². The average Bonchev–Trinajstić information content (AvgIpc) is 2.76. The monoisotopic (exact) mass is 462 g/mol. The second kappa shape index (κ2) is 10.3. The highest BCUT2D eigenvalue weighted by molar-refractivity contribution is 9.10. The summed E-state index contributed by atoms with van der Waals surface area (Å²) in [6.45, 7) is 3.19. The molecule has 1 aromatic rings. The van der Waals surface area contributed by atoms with Crippen LogP contribution in [-0.4, -0.2) is 12.9 Å². The molecule has 1 unspecified atom stereocenters. The Morgan fingerprint density at radius 3 is 2.24 bits per heavy atom. The second-order valence-corrected chi connectivity index (χ2v) is 10.7. The molecule has 1 aliphatic heterocycles. The Balaban J connectivity index is 1.41. The van der Waals surface area contributed by atoms with Gasteiger partial charge in [0.05, 0.1) is 5.60 Å². The van der Waals surface area contributed by atoms with Crippen molar-refractivity contribution in [2.75, 3.05) is 6.61 Å². The second-order valence-electron chi connectivity index (χ2n) is 9.82. The molecule has 4 rings (SSSR count). The molecular weight excluding hydrogens is 424 g/mol. The molecule has 1 saturated heterocycles. The Hall–Kier alpha value is -0.380. The van der Waals surface area contributed by atoms with Gasteiger partial charge in [0.25, 0.3) is 0 Å². The van der Waals surface area contributed by atoms with E-state index in [0.29, 0.717) is 0 Å². The number of benzene rings is 1. The summed E-state index contributed by atoms with van der Waals surface area (Å²) in [5, 5.41) is 0. The Morgan fingerprint density at radius 2 is 1.62 bits per heavy atom. The number of ether oxygens (including phenoxy) is 2. The van der Waals surface area contributed by atoms with Crippen molar-refractivity contribution in [1.29, 1.82) is 0 Å². The SMILES string of the molecule is CCCC1CCC(C2CCC(OC3CCCCO3)(c3ccc(Br)cc3)CC2)CC1. The lowest BCUT2D eigenvalue weighted by Gasteiger charge is -2.45. The van der Waals surface area contributed by atoms with E-state index in [1.807, 2.05) is 0 Å². The van der Waals surface area contributed by atoms with Gasteiger partial charge in [-0.15, -0.1) is 0 Å². The van der Waals surface area contributed by atoms with E-state index in [-0.39, 0.29) is 11.9 Å². The summed E-state index contributed by atoms with van der Waals surface area (Å²) >= 11 is 3.60. The molecule has 3 heteroatoms. The van der Waals surface area contributed by atoms with Crippen LogP contribution >= 0.6 is 15.9 Å². The van der Waals surface area contributed by atoms with E-state index in [2.05, 4.69) is 47.1 Å². The quantitative estimate of drug-likeness (QED) is 0.426. The van der Waals surface area contributed by atoms with Gasteiger partial charge in [0.1, 0.15) is 0 Å². The van der Waals surface area contributed by atoms with Crippen LogP contribution < -0.4 is 0 Å². The third-order valence-electron chi connectivity index (χ3n) is 7.96. The van der Waals surface area contributed by atoms with E-state index >= 15 is 0 Å². The van der Waals surface area contributed by atoms with Crippen molar-refractivity contribution >= 4 is 15.9 Å². The summed E-state index contributed by atoms with van der Waals surface area (Å²) in [7, 11) is 0. The van der Waals surface area contributed by atoms with E-state index < -0.39 is 0 Å². The standard InChI is InChI=1S/C26H39BrO2/c1-2-5-20-7-9-21(10-8-20)22-15-17-26(18-16-22,23-11-13-24(27)14-12-23)29-25-6-3-4-19-28-25/h11-14,20-22,25H,2-10,15-19H2,1H3. The zero-order chi connectivity index (χ0) is 20.1. The lowest BCUT2D eigenvalue weighted by molar-refractivity contribution is -0.241. The van der Waals surface area contributed by atoms with Crippen LogP contribution in [0, 0.1) is 17.8 Å². The Bertz CT molecular complexity index is 606. The smallest absolute Gasteiger partial charge is 0.158 e. The Morgan fingerprint density at radius 1 is 0.931 bits per heavy atom. The first kappa shape index (κ1) is 21.8. The Labute approximate surface area is 186 Å². The molecule has 1 heterocycles. The molecule has 3 fully saturated rings. The molecule has 0 N–H and O–H groups in total. The minimum Gasteiger partial charge on any atom is -0.353 e.